The van der Waals surface area contributed by atoms with Gasteiger partial charge in [-0.25, -0.2) is 0 Å². The van der Waals surface area contributed by atoms with Crippen LogP contribution < -0.4 is 4.74 Å². The second kappa shape index (κ2) is 2.02. The van der Waals surface area contributed by atoms with Gasteiger partial charge in [-0.05, 0) is 11.6 Å². The largest absolute Gasteiger partial charge is 0.496 e. The number of benzene rings is 1. The molecule has 2 aliphatic rings. The van der Waals surface area contributed by atoms with Crippen molar-refractivity contribution in [1.29, 1.82) is 0 Å². The molecule has 2 atom stereocenters. The van der Waals surface area contributed by atoms with E-state index in [-0.39, 0.29) is 0 Å². The first-order valence-electron chi connectivity index (χ1n) is 4.21. The van der Waals surface area contributed by atoms with Crippen molar-refractivity contribution in [3.63, 3.8) is 0 Å². The van der Waals surface area contributed by atoms with Crippen LogP contribution in [0.4, 0.5) is 0 Å². The fourth-order valence-electron chi connectivity index (χ4n) is 2.03. The van der Waals surface area contributed by atoms with Crippen molar-refractivity contribution < 1.29 is 9.47 Å². The molecule has 0 N–H and O–H groups in total. The van der Waals surface area contributed by atoms with Crippen LogP contribution in [-0.4, -0.2) is 13.2 Å². The van der Waals surface area contributed by atoms with Gasteiger partial charge in [0, 0.05) is 12.0 Å². The summed E-state index contributed by atoms with van der Waals surface area (Å²) in [6.45, 7) is 0. The molecule has 1 saturated heterocycles. The lowest BCUT2D eigenvalue weighted by Gasteiger charge is -2.07. The molecule has 62 valence electrons. The van der Waals surface area contributed by atoms with Crippen molar-refractivity contribution >= 4 is 0 Å². The second-order valence-corrected chi connectivity index (χ2v) is 3.33. The Bertz CT molecular complexity index is 333. The zero-order chi connectivity index (χ0) is 8.13. The Labute approximate surface area is 71.1 Å². The molecule has 1 fully saturated rings. The van der Waals surface area contributed by atoms with Crippen LogP contribution in [0.25, 0.3) is 0 Å². The van der Waals surface area contributed by atoms with E-state index in [0.29, 0.717) is 12.2 Å². The fourth-order valence-corrected chi connectivity index (χ4v) is 2.03. The molecule has 0 bridgehead atoms. The Morgan fingerprint density at radius 2 is 2.42 bits per heavy atom. The van der Waals surface area contributed by atoms with Crippen LogP contribution in [0.3, 0.4) is 0 Å². The molecule has 2 unspecified atom stereocenters. The van der Waals surface area contributed by atoms with E-state index in [2.05, 4.69) is 6.07 Å². The Kier molecular flexibility index (Phi) is 1.09. The highest BCUT2D eigenvalue weighted by Crippen LogP contribution is 2.50. The topological polar surface area (TPSA) is 21.8 Å². The van der Waals surface area contributed by atoms with Crippen molar-refractivity contribution in [1.82, 2.24) is 0 Å². The van der Waals surface area contributed by atoms with Gasteiger partial charge in [0.1, 0.15) is 11.9 Å². The standard InChI is InChI=1S/C10H10O2/c1-11-8-4-2-3-6-7(8)5-9-10(6)12-9/h2-4,9-10H,5H2,1H3. The molecule has 1 aromatic rings. The highest BCUT2D eigenvalue weighted by atomic mass is 16.6. The summed E-state index contributed by atoms with van der Waals surface area (Å²) in [6.07, 6.45) is 1.87. The lowest BCUT2D eigenvalue weighted by molar-refractivity contribution is 0.352. The predicted molar refractivity (Wildman–Crippen MR) is 44.3 cm³/mol. The summed E-state index contributed by atoms with van der Waals surface area (Å²) >= 11 is 0. The van der Waals surface area contributed by atoms with Gasteiger partial charge in [0.2, 0.25) is 0 Å². The van der Waals surface area contributed by atoms with Crippen LogP contribution >= 0.6 is 0 Å². The number of epoxide rings is 1. The van der Waals surface area contributed by atoms with Gasteiger partial charge in [0.05, 0.1) is 13.2 Å². The number of rotatable bonds is 1. The number of hydrogen-bond acceptors (Lipinski definition) is 2. The van der Waals surface area contributed by atoms with E-state index in [1.54, 1.807) is 7.11 Å². The predicted octanol–water partition coefficient (Wildman–Crippen LogP) is 1.69. The Morgan fingerprint density at radius 1 is 1.50 bits per heavy atom. The van der Waals surface area contributed by atoms with E-state index in [4.69, 9.17) is 9.47 Å². The molecule has 2 nitrogen and oxygen atoms in total. The van der Waals surface area contributed by atoms with E-state index >= 15 is 0 Å². The average Bonchev–Trinajstić information content (AvgIpc) is 2.78. The van der Waals surface area contributed by atoms with Crippen molar-refractivity contribution in [2.75, 3.05) is 7.11 Å². The third-order valence-corrected chi connectivity index (χ3v) is 2.68. The summed E-state index contributed by atoms with van der Waals surface area (Å²) in [5.41, 5.74) is 2.68. The molecule has 12 heavy (non-hydrogen) atoms. The average molecular weight is 162 g/mol. The van der Waals surface area contributed by atoms with Crippen molar-refractivity contribution in [2.45, 2.75) is 18.6 Å². The van der Waals surface area contributed by atoms with Crippen LogP contribution in [0.2, 0.25) is 0 Å². The molecule has 2 heteroatoms. The van der Waals surface area contributed by atoms with Crippen LogP contribution in [0.5, 0.6) is 5.75 Å². The number of hydrogen-bond donors (Lipinski definition) is 0. The van der Waals surface area contributed by atoms with Gasteiger partial charge in [-0.1, -0.05) is 12.1 Å². The first kappa shape index (κ1) is 6.49. The maximum atomic E-state index is 5.42. The van der Waals surface area contributed by atoms with Crippen LogP contribution in [0.15, 0.2) is 18.2 Å². The van der Waals surface area contributed by atoms with Gasteiger partial charge < -0.3 is 9.47 Å². The Morgan fingerprint density at radius 3 is 3.25 bits per heavy atom. The minimum atomic E-state index is 0.384. The van der Waals surface area contributed by atoms with Gasteiger partial charge in [-0.3, -0.25) is 0 Å². The molecule has 0 aromatic heterocycles. The Hall–Kier alpha value is -1.02. The van der Waals surface area contributed by atoms with Crippen LogP contribution in [0.1, 0.15) is 17.2 Å². The van der Waals surface area contributed by atoms with Crippen LogP contribution in [0, 0.1) is 0 Å². The zero-order valence-electron chi connectivity index (χ0n) is 6.91. The minimum absolute atomic E-state index is 0.384. The fraction of sp³-hybridized carbons (Fsp3) is 0.400. The van der Waals surface area contributed by atoms with E-state index in [1.165, 1.54) is 11.1 Å². The third-order valence-electron chi connectivity index (χ3n) is 2.68. The van der Waals surface area contributed by atoms with Gasteiger partial charge in [0.25, 0.3) is 0 Å². The maximum absolute atomic E-state index is 5.42. The molecular formula is C10H10O2. The van der Waals surface area contributed by atoms with E-state index in [9.17, 15) is 0 Å². The number of methoxy groups -OCH3 is 1. The van der Waals surface area contributed by atoms with Crippen molar-refractivity contribution in [2.24, 2.45) is 0 Å². The highest BCUT2D eigenvalue weighted by Gasteiger charge is 2.48. The van der Waals surface area contributed by atoms with Gasteiger partial charge in [-0.2, -0.15) is 0 Å². The lowest BCUT2D eigenvalue weighted by atomic mass is 10.1. The minimum Gasteiger partial charge on any atom is -0.496 e. The molecule has 0 radical (unpaired) electrons. The van der Waals surface area contributed by atoms with E-state index in [1.807, 2.05) is 12.1 Å². The molecule has 1 aliphatic carbocycles. The quantitative estimate of drug-likeness (QED) is 0.586. The number of ether oxygens (including phenoxy) is 2. The summed E-state index contributed by atoms with van der Waals surface area (Å²) in [7, 11) is 1.72. The van der Waals surface area contributed by atoms with Gasteiger partial charge in [-0.15, -0.1) is 0 Å². The molecule has 1 aliphatic heterocycles. The molecule has 1 aromatic carbocycles. The van der Waals surface area contributed by atoms with Crippen molar-refractivity contribution in [3.8, 4) is 5.75 Å². The lowest BCUT2D eigenvalue weighted by Crippen LogP contribution is -1.94. The monoisotopic (exact) mass is 162 g/mol. The molecular weight excluding hydrogens is 152 g/mol. The van der Waals surface area contributed by atoms with Crippen LogP contribution in [-0.2, 0) is 11.2 Å². The summed E-state index contributed by atoms with van der Waals surface area (Å²) in [6, 6.07) is 6.18. The molecule has 0 spiro atoms. The van der Waals surface area contributed by atoms with Crippen molar-refractivity contribution in [3.05, 3.63) is 29.3 Å². The summed E-state index contributed by atoms with van der Waals surface area (Å²) < 4.78 is 10.7. The van der Waals surface area contributed by atoms with E-state index in [0.717, 1.165) is 12.2 Å². The molecule has 0 saturated carbocycles. The molecule has 3 rings (SSSR count). The normalized spacial score (nSPS) is 29.4. The third kappa shape index (κ3) is 0.681. The van der Waals surface area contributed by atoms with Gasteiger partial charge in [0.15, 0.2) is 0 Å². The highest BCUT2D eigenvalue weighted by molar-refractivity contribution is 5.48. The first-order valence-corrected chi connectivity index (χ1v) is 4.21. The summed E-state index contributed by atoms with van der Waals surface area (Å²) in [4.78, 5) is 0. The second-order valence-electron chi connectivity index (χ2n) is 3.33. The summed E-state index contributed by atoms with van der Waals surface area (Å²) in [5, 5.41) is 0. The first-order chi connectivity index (χ1) is 5.90. The smallest absolute Gasteiger partial charge is 0.122 e. The number of fused-ring (bicyclic) bond motifs is 3. The zero-order valence-corrected chi connectivity index (χ0v) is 6.91. The Balaban J connectivity index is 2.16. The SMILES string of the molecule is COc1cccc2c1CC1OC21. The molecule has 1 heterocycles. The maximum Gasteiger partial charge on any atom is 0.122 e. The molecule has 0 amide bonds. The van der Waals surface area contributed by atoms with E-state index < -0.39 is 0 Å². The summed E-state index contributed by atoms with van der Waals surface area (Å²) in [5.74, 6) is 1.02. The van der Waals surface area contributed by atoms with Gasteiger partial charge >= 0.3 is 0 Å².